The fourth-order valence-electron chi connectivity index (χ4n) is 3.15. The van der Waals surface area contributed by atoms with Gasteiger partial charge in [0.15, 0.2) is 0 Å². The van der Waals surface area contributed by atoms with Crippen LogP contribution in [-0.4, -0.2) is 36.5 Å². The van der Waals surface area contributed by atoms with Crippen LogP contribution in [0.15, 0.2) is 47.6 Å². The Kier molecular flexibility index (Phi) is 5.99. The van der Waals surface area contributed by atoms with E-state index in [2.05, 4.69) is 34.3 Å². The summed E-state index contributed by atoms with van der Waals surface area (Å²) in [4.78, 5) is 6.72. The molecule has 28 heavy (non-hydrogen) atoms. The summed E-state index contributed by atoms with van der Waals surface area (Å²) in [6, 6.07) is 13.3. The maximum atomic E-state index is 10.3. The van der Waals surface area contributed by atoms with E-state index < -0.39 is 0 Å². The lowest BCUT2D eigenvalue weighted by molar-refractivity contribution is 0.415. The zero-order chi connectivity index (χ0) is 20.1. The molecule has 6 nitrogen and oxygen atoms in total. The predicted molar refractivity (Wildman–Crippen MR) is 116 cm³/mol. The number of methoxy groups -OCH3 is 1. The van der Waals surface area contributed by atoms with Crippen molar-refractivity contribution < 1.29 is 9.84 Å². The number of rotatable bonds is 7. The highest BCUT2D eigenvalue weighted by atomic mass is 16.5. The van der Waals surface area contributed by atoms with Crippen molar-refractivity contribution in [3.8, 4) is 11.5 Å². The Labute approximate surface area is 165 Å². The molecule has 2 N–H and O–H groups in total. The molecule has 0 aliphatic heterocycles. The van der Waals surface area contributed by atoms with E-state index >= 15 is 0 Å². The molecule has 0 atom stereocenters. The first-order valence-corrected chi connectivity index (χ1v) is 9.38. The van der Waals surface area contributed by atoms with Crippen molar-refractivity contribution in [3.05, 3.63) is 53.7 Å². The molecule has 0 saturated heterocycles. The minimum Gasteiger partial charge on any atom is -0.507 e. The Balaban J connectivity index is 1.85. The van der Waals surface area contributed by atoms with Crippen LogP contribution in [0.2, 0.25) is 0 Å². The number of benzene rings is 2. The minimum atomic E-state index is 0.201. The molecule has 1 aromatic heterocycles. The molecule has 2 aromatic carbocycles. The maximum absolute atomic E-state index is 10.3. The minimum absolute atomic E-state index is 0.201. The van der Waals surface area contributed by atoms with Gasteiger partial charge in [-0.2, -0.15) is 5.10 Å². The molecule has 0 bridgehead atoms. The van der Waals surface area contributed by atoms with Crippen molar-refractivity contribution in [2.45, 2.75) is 20.8 Å². The number of hydrogen-bond acceptors (Lipinski definition) is 6. The second-order valence-electron chi connectivity index (χ2n) is 6.48. The molecule has 0 spiro atoms. The van der Waals surface area contributed by atoms with Crippen molar-refractivity contribution in [3.63, 3.8) is 0 Å². The van der Waals surface area contributed by atoms with Gasteiger partial charge in [0.25, 0.3) is 0 Å². The van der Waals surface area contributed by atoms with Crippen LogP contribution in [0.1, 0.15) is 25.1 Å². The van der Waals surface area contributed by atoms with E-state index in [1.807, 2.05) is 43.3 Å². The van der Waals surface area contributed by atoms with Crippen LogP contribution in [0.25, 0.3) is 10.9 Å². The van der Waals surface area contributed by atoms with E-state index in [-0.39, 0.29) is 5.75 Å². The molecule has 0 unspecified atom stereocenters. The Bertz CT molecular complexity index is 997. The number of aromatic hydroxyl groups is 1. The first kappa shape index (κ1) is 19.5. The summed E-state index contributed by atoms with van der Waals surface area (Å²) in [5.41, 5.74) is 7.30. The number of nitrogens with zero attached hydrogens (tertiary/aromatic N) is 3. The fourth-order valence-corrected chi connectivity index (χ4v) is 3.15. The van der Waals surface area contributed by atoms with Crippen LogP contribution in [0.5, 0.6) is 11.5 Å². The van der Waals surface area contributed by atoms with Gasteiger partial charge in [-0.15, -0.1) is 0 Å². The van der Waals surface area contributed by atoms with Gasteiger partial charge in [0.05, 0.1) is 24.5 Å². The molecule has 0 radical (unpaired) electrons. The lowest BCUT2D eigenvalue weighted by Gasteiger charge is -2.21. The van der Waals surface area contributed by atoms with E-state index in [9.17, 15) is 5.11 Å². The van der Waals surface area contributed by atoms with Gasteiger partial charge < -0.3 is 14.7 Å². The number of phenols is 1. The summed E-state index contributed by atoms with van der Waals surface area (Å²) >= 11 is 0. The van der Waals surface area contributed by atoms with Gasteiger partial charge in [-0.25, -0.2) is 0 Å². The second kappa shape index (κ2) is 8.61. The Hall–Kier alpha value is -3.28. The van der Waals surface area contributed by atoms with E-state index in [0.717, 1.165) is 46.8 Å². The number of aryl methyl sites for hydroxylation is 1. The lowest BCUT2D eigenvalue weighted by atomic mass is 10.1. The normalized spacial score (nSPS) is 11.1. The molecular formula is C22H26N4O2. The molecule has 0 fully saturated rings. The number of hydrogen-bond donors (Lipinski definition) is 2. The quantitative estimate of drug-likeness (QED) is 0.466. The number of phenolic OH excluding ortho intramolecular Hbond substituents is 1. The van der Waals surface area contributed by atoms with Crippen molar-refractivity contribution in [2.24, 2.45) is 5.10 Å². The Morgan fingerprint density at radius 3 is 2.61 bits per heavy atom. The largest absolute Gasteiger partial charge is 0.507 e. The van der Waals surface area contributed by atoms with Crippen LogP contribution in [0.3, 0.4) is 0 Å². The summed E-state index contributed by atoms with van der Waals surface area (Å²) in [7, 11) is 1.64. The van der Waals surface area contributed by atoms with Crippen LogP contribution in [-0.2, 0) is 0 Å². The third-order valence-electron chi connectivity index (χ3n) is 4.68. The van der Waals surface area contributed by atoms with Gasteiger partial charge >= 0.3 is 0 Å². The fraction of sp³-hybridized carbons (Fsp3) is 0.273. The monoisotopic (exact) mass is 378 g/mol. The Morgan fingerprint density at radius 1 is 1.14 bits per heavy atom. The van der Waals surface area contributed by atoms with Crippen LogP contribution < -0.4 is 15.1 Å². The number of fused-ring (bicyclic) bond motifs is 1. The molecule has 3 aromatic rings. The summed E-state index contributed by atoms with van der Waals surface area (Å²) in [6.07, 6.45) is 1.61. The first-order valence-electron chi connectivity index (χ1n) is 9.38. The van der Waals surface area contributed by atoms with Gasteiger partial charge in [0.1, 0.15) is 11.5 Å². The third kappa shape index (κ3) is 4.17. The van der Waals surface area contributed by atoms with Gasteiger partial charge in [0, 0.05) is 41.5 Å². The molecule has 0 saturated carbocycles. The van der Waals surface area contributed by atoms with Gasteiger partial charge in [-0.1, -0.05) is 0 Å². The SMILES string of the molecule is CCN(CC)c1ccc(/C=N/Nc2cc(C)nc3ccc(OC)cc23)c(O)c1. The highest BCUT2D eigenvalue weighted by Gasteiger charge is 2.07. The average molecular weight is 378 g/mol. The predicted octanol–water partition coefficient (Wildman–Crippen LogP) is 4.55. The second-order valence-corrected chi connectivity index (χ2v) is 6.48. The molecule has 0 amide bonds. The van der Waals surface area contributed by atoms with Gasteiger partial charge in [0.2, 0.25) is 0 Å². The molecule has 3 rings (SSSR count). The summed E-state index contributed by atoms with van der Waals surface area (Å²) in [5, 5.41) is 15.6. The summed E-state index contributed by atoms with van der Waals surface area (Å²) < 4.78 is 5.31. The lowest BCUT2D eigenvalue weighted by Crippen LogP contribution is -2.21. The average Bonchev–Trinajstić information content (AvgIpc) is 2.70. The molecular weight excluding hydrogens is 352 g/mol. The van der Waals surface area contributed by atoms with Crippen molar-refractivity contribution >= 4 is 28.5 Å². The van der Waals surface area contributed by atoms with Gasteiger partial charge in [-0.3, -0.25) is 10.4 Å². The van der Waals surface area contributed by atoms with E-state index in [1.54, 1.807) is 19.4 Å². The Morgan fingerprint density at radius 2 is 1.93 bits per heavy atom. The number of anilines is 2. The third-order valence-corrected chi connectivity index (χ3v) is 4.68. The summed E-state index contributed by atoms with van der Waals surface area (Å²) in [6.45, 7) is 7.91. The summed E-state index contributed by atoms with van der Waals surface area (Å²) in [5.74, 6) is 0.960. The highest BCUT2D eigenvalue weighted by Crippen LogP contribution is 2.28. The van der Waals surface area contributed by atoms with Crippen LogP contribution in [0, 0.1) is 6.92 Å². The van der Waals surface area contributed by atoms with Crippen molar-refractivity contribution in [2.75, 3.05) is 30.5 Å². The number of ether oxygens (including phenoxy) is 1. The van der Waals surface area contributed by atoms with E-state index in [4.69, 9.17) is 4.74 Å². The number of pyridine rings is 1. The van der Waals surface area contributed by atoms with E-state index in [0.29, 0.717) is 5.56 Å². The zero-order valence-electron chi connectivity index (χ0n) is 16.7. The zero-order valence-corrected chi connectivity index (χ0v) is 16.7. The molecule has 6 heteroatoms. The highest BCUT2D eigenvalue weighted by molar-refractivity contribution is 5.93. The maximum Gasteiger partial charge on any atom is 0.126 e. The van der Waals surface area contributed by atoms with Crippen molar-refractivity contribution in [1.82, 2.24) is 4.98 Å². The number of aromatic nitrogens is 1. The molecule has 146 valence electrons. The number of hydrazone groups is 1. The standard InChI is InChI=1S/C22H26N4O2/c1-5-26(6-2)17-8-7-16(22(27)12-17)14-23-25-21-11-15(3)24-20-10-9-18(28-4)13-19(20)21/h7-14,27H,5-6H2,1-4H3,(H,24,25)/b23-14+. The van der Waals surface area contributed by atoms with Crippen molar-refractivity contribution in [1.29, 1.82) is 0 Å². The molecule has 0 aliphatic carbocycles. The number of nitrogens with one attached hydrogen (secondary N) is 1. The topological polar surface area (TPSA) is 70.0 Å². The van der Waals surface area contributed by atoms with Crippen LogP contribution in [0.4, 0.5) is 11.4 Å². The smallest absolute Gasteiger partial charge is 0.126 e. The van der Waals surface area contributed by atoms with E-state index in [1.165, 1.54) is 0 Å². The van der Waals surface area contributed by atoms with Gasteiger partial charge in [-0.05, 0) is 57.2 Å². The molecule has 1 heterocycles. The molecule has 0 aliphatic rings. The first-order chi connectivity index (χ1) is 13.5. The van der Waals surface area contributed by atoms with Crippen LogP contribution >= 0.6 is 0 Å².